The van der Waals surface area contributed by atoms with Crippen molar-refractivity contribution in [2.24, 2.45) is 0 Å². The van der Waals surface area contributed by atoms with Gasteiger partial charge in [0.2, 0.25) is 0 Å². The summed E-state index contributed by atoms with van der Waals surface area (Å²) in [7, 11) is 1.48. The molecule has 0 heterocycles. The number of methoxy groups -OCH3 is 1. The van der Waals surface area contributed by atoms with E-state index >= 15 is 0 Å². The molecule has 0 aliphatic carbocycles. The number of rotatable bonds is 5. The van der Waals surface area contributed by atoms with Gasteiger partial charge in [-0.2, -0.15) is 0 Å². The number of nitrogens with one attached hydrogen (secondary N) is 1. The SMILES string of the molecule is COc1cc(CNc2cccc(Cl)c2Br)cc([N+](=O)[O-])c1. The molecule has 0 radical (unpaired) electrons. The van der Waals surface area contributed by atoms with E-state index in [1.54, 1.807) is 12.1 Å². The largest absolute Gasteiger partial charge is 0.496 e. The maximum absolute atomic E-state index is 10.9. The van der Waals surface area contributed by atoms with Gasteiger partial charge in [-0.05, 0) is 39.7 Å². The van der Waals surface area contributed by atoms with Crippen LogP contribution in [0, 0.1) is 10.1 Å². The molecule has 0 aromatic heterocycles. The van der Waals surface area contributed by atoms with Crippen molar-refractivity contribution in [1.82, 2.24) is 0 Å². The fourth-order valence-corrected chi connectivity index (χ4v) is 2.39. The molecule has 0 bridgehead atoms. The highest BCUT2D eigenvalue weighted by Crippen LogP contribution is 2.31. The van der Waals surface area contributed by atoms with Gasteiger partial charge < -0.3 is 10.1 Å². The molecule has 7 heteroatoms. The van der Waals surface area contributed by atoms with Crippen LogP contribution in [0.5, 0.6) is 5.75 Å². The van der Waals surface area contributed by atoms with Crippen molar-refractivity contribution in [2.45, 2.75) is 6.54 Å². The number of anilines is 1. The highest BCUT2D eigenvalue weighted by Gasteiger charge is 2.11. The molecule has 0 spiro atoms. The van der Waals surface area contributed by atoms with Gasteiger partial charge in [0, 0.05) is 12.6 Å². The highest BCUT2D eigenvalue weighted by molar-refractivity contribution is 9.10. The van der Waals surface area contributed by atoms with Crippen LogP contribution in [0.4, 0.5) is 11.4 Å². The molecule has 21 heavy (non-hydrogen) atoms. The summed E-state index contributed by atoms with van der Waals surface area (Å²) in [6.07, 6.45) is 0. The van der Waals surface area contributed by atoms with Crippen LogP contribution in [-0.2, 0) is 6.54 Å². The van der Waals surface area contributed by atoms with E-state index in [0.717, 1.165) is 15.7 Å². The van der Waals surface area contributed by atoms with E-state index in [9.17, 15) is 10.1 Å². The van der Waals surface area contributed by atoms with E-state index in [1.165, 1.54) is 19.2 Å². The summed E-state index contributed by atoms with van der Waals surface area (Å²) in [5.41, 5.74) is 1.55. The lowest BCUT2D eigenvalue weighted by molar-refractivity contribution is -0.385. The molecule has 0 saturated carbocycles. The van der Waals surface area contributed by atoms with Crippen molar-refractivity contribution < 1.29 is 9.66 Å². The fraction of sp³-hybridized carbons (Fsp3) is 0.143. The Balaban J connectivity index is 2.21. The lowest BCUT2D eigenvalue weighted by atomic mass is 10.2. The van der Waals surface area contributed by atoms with E-state index in [1.807, 2.05) is 12.1 Å². The van der Waals surface area contributed by atoms with Gasteiger partial charge in [0.15, 0.2) is 0 Å². The molecule has 2 aromatic carbocycles. The molecule has 2 aromatic rings. The first-order valence-electron chi connectivity index (χ1n) is 6.01. The molecule has 0 amide bonds. The zero-order valence-corrected chi connectivity index (χ0v) is 13.4. The minimum Gasteiger partial charge on any atom is -0.496 e. The summed E-state index contributed by atoms with van der Waals surface area (Å²) >= 11 is 9.41. The van der Waals surface area contributed by atoms with Gasteiger partial charge in [0.25, 0.3) is 5.69 Å². The molecule has 0 unspecified atom stereocenters. The molecule has 2 rings (SSSR count). The fourth-order valence-electron chi connectivity index (χ4n) is 1.81. The average molecular weight is 372 g/mol. The number of halogens is 2. The number of nitro groups is 1. The maximum atomic E-state index is 10.9. The van der Waals surface area contributed by atoms with Crippen LogP contribution in [0.25, 0.3) is 0 Å². The molecule has 1 N–H and O–H groups in total. The Labute approximate surface area is 135 Å². The maximum Gasteiger partial charge on any atom is 0.273 e. The first-order chi connectivity index (χ1) is 10.0. The van der Waals surface area contributed by atoms with Crippen LogP contribution < -0.4 is 10.1 Å². The summed E-state index contributed by atoms with van der Waals surface area (Å²) in [5.74, 6) is 0.450. The van der Waals surface area contributed by atoms with Crippen LogP contribution in [0.1, 0.15) is 5.56 Å². The van der Waals surface area contributed by atoms with Crippen molar-refractivity contribution in [2.75, 3.05) is 12.4 Å². The predicted octanol–water partition coefficient (Wildman–Crippen LogP) is 4.63. The standard InChI is InChI=1S/C14H12BrClN2O3/c1-21-11-6-9(5-10(7-11)18(19)20)8-17-13-4-2-3-12(16)14(13)15/h2-7,17H,8H2,1H3. The molecule has 0 saturated heterocycles. The van der Waals surface area contributed by atoms with Gasteiger partial charge in [-0.25, -0.2) is 0 Å². The zero-order chi connectivity index (χ0) is 15.4. The molecule has 5 nitrogen and oxygen atoms in total. The normalized spacial score (nSPS) is 10.2. The quantitative estimate of drug-likeness (QED) is 0.614. The number of ether oxygens (including phenoxy) is 1. The second-order valence-electron chi connectivity index (χ2n) is 4.25. The van der Waals surface area contributed by atoms with Crippen LogP contribution >= 0.6 is 27.5 Å². The minimum absolute atomic E-state index is 0.00342. The molecule has 110 valence electrons. The van der Waals surface area contributed by atoms with E-state index < -0.39 is 4.92 Å². The summed E-state index contributed by atoms with van der Waals surface area (Å²) in [6, 6.07) is 10.1. The topological polar surface area (TPSA) is 64.4 Å². The van der Waals surface area contributed by atoms with Gasteiger partial charge >= 0.3 is 0 Å². The number of hydrogen-bond donors (Lipinski definition) is 1. The van der Waals surface area contributed by atoms with Crippen LogP contribution in [0.15, 0.2) is 40.9 Å². The van der Waals surface area contributed by atoms with E-state index in [-0.39, 0.29) is 5.69 Å². The third-order valence-electron chi connectivity index (χ3n) is 2.83. The Bertz CT molecular complexity index is 679. The second kappa shape index (κ2) is 6.78. The lowest BCUT2D eigenvalue weighted by Gasteiger charge is -2.10. The van der Waals surface area contributed by atoms with Crippen LogP contribution in [0.3, 0.4) is 0 Å². The van der Waals surface area contributed by atoms with Crippen molar-refractivity contribution in [3.05, 3.63) is 61.6 Å². The van der Waals surface area contributed by atoms with Crippen molar-refractivity contribution in [3.8, 4) is 5.75 Å². The number of hydrogen-bond acceptors (Lipinski definition) is 4. The number of non-ortho nitro benzene ring substituents is 1. The van der Waals surface area contributed by atoms with Crippen molar-refractivity contribution in [3.63, 3.8) is 0 Å². The molecule has 0 aliphatic heterocycles. The van der Waals surface area contributed by atoms with Gasteiger partial charge in [-0.15, -0.1) is 0 Å². The summed E-state index contributed by atoms with van der Waals surface area (Å²) in [5, 5.41) is 14.7. The average Bonchev–Trinajstić information content (AvgIpc) is 2.48. The molecular weight excluding hydrogens is 360 g/mol. The molecule has 0 aliphatic rings. The third kappa shape index (κ3) is 3.86. The van der Waals surface area contributed by atoms with Crippen molar-refractivity contribution in [1.29, 1.82) is 0 Å². The summed E-state index contributed by atoms with van der Waals surface area (Å²) in [4.78, 5) is 10.5. The molecule has 0 atom stereocenters. The lowest BCUT2D eigenvalue weighted by Crippen LogP contribution is -2.02. The van der Waals surface area contributed by atoms with Gasteiger partial charge in [-0.1, -0.05) is 17.7 Å². The first kappa shape index (κ1) is 15.6. The Hall–Kier alpha value is -1.79. The van der Waals surface area contributed by atoms with E-state index in [4.69, 9.17) is 16.3 Å². The smallest absolute Gasteiger partial charge is 0.273 e. The van der Waals surface area contributed by atoms with Gasteiger partial charge in [0.05, 0.1) is 33.3 Å². The predicted molar refractivity (Wildman–Crippen MR) is 86.1 cm³/mol. The van der Waals surface area contributed by atoms with Crippen molar-refractivity contribution >= 4 is 38.9 Å². The Morgan fingerprint density at radius 3 is 2.81 bits per heavy atom. The van der Waals surface area contributed by atoms with Gasteiger partial charge in [0.1, 0.15) is 5.75 Å². The second-order valence-corrected chi connectivity index (χ2v) is 5.45. The van der Waals surface area contributed by atoms with E-state index in [2.05, 4.69) is 21.2 Å². The first-order valence-corrected chi connectivity index (χ1v) is 7.18. The van der Waals surface area contributed by atoms with E-state index in [0.29, 0.717) is 17.3 Å². The molecular formula is C14H12BrClN2O3. The highest BCUT2D eigenvalue weighted by atomic mass is 79.9. The van der Waals surface area contributed by atoms with Crippen LogP contribution in [-0.4, -0.2) is 12.0 Å². The number of benzene rings is 2. The summed E-state index contributed by atoms with van der Waals surface area (Å²) in [6.45, 7) is 0.414. The zero-order valence-electron chi connectivity index (χ0n) is 11.1. The van der Waals surface area contributed by atoms with Gasteiger partial charge in [-0.3, -0.25) is 10.1 Å². The monoisotopic (exact) mass is 370 g/mol. The Kier molecular flexibility index (Phi) is 5.03. The Morgan fingerprint density at radius 2 is 2.14 bits per heavy atom. The molecule has 0 fully saturated rings. The Morgan fingerprint density at radius 1 is 1.38 bits per heavy atom. The summed E-state index contributed by atoms with van der Waals surface area (Å²) < 4.78 is 5.83. The number of nitro benzene ring substituents is 1. The minimum atomic E-state index is -0.443. The van der Waals surface area contributed by atoms with Crippen LogP contribution in [0.2, 0.25) is 5.02 Å². The number of nitrogens with zero attached hydrogens (tertiary/aromatic N) is 1. The third-order valence-corrected chi connectivity index (χ3v) is 4.23.